The summed E-state index contributed by atoms with van der Waals surface area (Å²) in [5.74, 6) is -1.00. The summed E-state index contributed by atoms with van der Waals surface area (Å²) in [5.41, 5.74) is 0.694. The molecule has 0 atom stereocenters. The molecule has 1 rings (SSSR count). The highest BCUT2D eigenvalue weighted by Gasteiger charge is 2.24. The molecule has 0 saturated carbocycles. The van der Waals surface area contributed by atoms with Gasteiger partial charge in [-0.05, 0) is 30.9 Å². The minimum absolute atomic E-state index is 0.0443. The van der Waals surface area contributed by atoms with Crippen LogP contribution in [0, 0.1) is 12.3 Å². The van der Waals surface area contributed by atoms with Gasteiger partial charge in [-0.3, -0.25) is 4.98 Å². The molecule has 1 heterocycles. The van der Waals surface area contributed by atoms with Crippen molar-refractivity contribution < 1.29 is 18.3 Å². The summed E-state index contributed by atoms with van der Waals surface area (Å²) in [5, 5.41) is 8.92. The highest BCUT2D eigenvalue weighted by Crippen LogP contribution is 2.21. The summed E-state index contributed by atoms with van der Waals surface area (Å²) in [4.78, 5) is 15.0. The molecule has 0 saturated heterocycles. The van der Waals surface area contributed by atoms with Crippen LogP contribution in [0.15, 0.2) is 12.1 Å². The van der Waals surface area contributed by atoms with Crippen LogP contribution in [0.3, 0.4) is 0 Å². The van der Waals surface area contributed by atoms with E-state index in [-0.39, 0.29) is 23.3 Å². The molecule has 0 aliphatic carbocycles. The standard InChI is InChI=1S/C14H22N2O4S/c1-5-14(3,4)9-21(19,20)15-8-11-6-7-12(13(17)18)10(2)16-11/h6-7,15H,5,8-9H2,1-4H3,(H,17,18). The van der Waals surface area contributed by atoms with Gasteiger partial charge in [0.25, 0.3) is 0 Å². The van der Waals surface area contributed by atoms with E-state index in [0.717, 1.165) is 6.42 Å². The number of aryl methyl sites for hydroxylation is 1. The van der Waals surface area contributed by atoms with E-state index in [1.165, 1.54) is 12.1 Å². The zero-order chi connectivity index (χ0) is 16.3. The number of nitrogens with zero attached hydrogens (tertiary/aromatic N) is 1. The number of aromatic carboxylic acids is 1. The number of pyridine rings is 1. The van der Waals surface area contributed by atoms with Gasteiger partial charge in [0, 0.05) is 0 Å². The van der Waals surface area contributed by atoms with Crippen LogP contribution in [-0.4, -0.2) is 30.2 Å². The van der Waals surface area contributed by atoms with E-state index in [1.54, 1.807) is 6.92 Å². The topological polar surface area (TPSA) is 96.4 Å². The van der Waals surface area contributed by atoms with Gasteiger partial charge in [0.05, 0.1) is 29.2 Å². The first kappa shape index (κ1) is 17.6. The maximum atomic E-state index is 12.0. The first-order chi connectivity index (χ1) is 9.56. The summed E-state index contributed by atoms with van der Waals surface area (Å²) in [6.45, 7) is 7.39. The summed E-state index contributed by atoms with van der Waals surface area (Å²) >= 11 is 0. The minimum Gasteiger partial charge on any atom is -0.478 e. The summed E-state index contributed by atoms with van der Waals surface area (Å²) in [6.07, 6.45) is 0.762. The number of hydrogen-bond donors (Lipinski definition) is 2. The zero-order valence-electron chi connectivity index (χ0n) is 12.8. The molecule has 0 aliphatic heterocycles. The number of aromatic nitrogens is 1. The fourth-order valence-corrected chi connectivity index (χ4v) is 3.49. The number of nitrogens with one attached hydrogen (secondary N) is 1. The fourth-order valence-electron chi connectivity index (χ4n) is 1.79. The Labute approximate surface area is 125 Å². The molecule has 7 heteroatoms. The number of carbonyl (C=O) groups is 1. The van der Waals surface area contributed by atoms with Crippen LogP contribution in [0.25, 0.3) is 0 Å². The Morgan fingerprint density at radius 1 is 1.38 bits per heavy atom. The van der Waals surface area contributed by atoms with Crippen molar-refractivity contribution in [2.45, 2.75) is 40.7 Å². The second kappa shape index (κ2) is 6.53. The van der Waals surface area contributed by atoms with Crippen molar-refractivity contribution in [3.63, 3.8) is 0 Å². The van der Waals surface area contributed by atoms with Gasteiger partial charge >= 0.3 is 5.97 Å². The van der Waals surface area contributed by atoms with Crippen LogP contribution in [-0.2, 0) is 16.6 Å². The monoisotopic (exact) mass is 314 g/mol. The molecule has 118 valence electrons. The average Bonchev–Trinajstić information content (AvgIpc) is 2.35. The van der Waals surface area contributed by atoms with Crippen LogP contribution in [0.4, 0.5) is 0 Å². The quantitative estimate of drug-likeness (QED) is 0.802. The summed E-state index contributed by atoms with van der Waals surface area (Å²) in [7, 11) is -3.40. The Hall–Kier alpha value is -1.47. The molecule has 21 heavy (non-hydrogen) atoms. The van der Waals surface area contributed by atoms with E-state index in [2.05, 4.69) is 9.71 Å². The van der Waals surface area contributed by atoms with E-state index in [0.29, 0.717) is 11.4 Å². The second-order valence-corrected chi connectivity index (χ2v) is 7.65. The zero-order valence-corrected chi connectivity index (χ0v) is 13.6. The molecule has 1 aromatic rings. The van der Waals surface area contributed by atoms with Crippen molar-refractivity contribution in [1.29, 1.82) is 0 Å². The number of sulfonamides is 1. The normalized spacial score (nSPS) is 12.4. The van der Waals surface area contributed by atoms with Gasteiger partial charge in [0.2, 0.25) is 10.0 Å². The van der Waals surface area contributed by atoms with E-state index in [1.807, 2.05) is 20.8 Å². The number of rotatable bonds is 7. The van der Waals surface area contributed by atoms with Crippen LogP contribution < -0.4 is 4.72 Å². The van der Waals surface area contributed by atoms with Crippen LogP contribution in [0.5, 0.6) is 0 Å². The molecule has 0 aromatic carbocycles. The van der Waals surface area contributed by atoms with E-state index < -0.39 is 16.0 Å². The Morgan fingerprint density at radius 2 is 2.00 bits per heavy atom. The Kier molecular flexibility index (Phi) is 5.47. The van der Waals surface area contributed by atoms with Gasteiger partial charge in [-0.25, -0.2) is 17.9 Å². The lowest BCUT2D eigenvalue weighted by Gasteiger charge is -2.22. The van der Waals surface area contributed by atoms with Crippen molar-refractivity contribution in [1.82, 2.24) is 9.71 Å². The third-order valence-corrected chi connectivity index (χ3v) is 5.13. The first-order valence-electron chi connectivity index (χ1n) is 6.73. The molecule has 0 spiro atoms. The Balaban J connectivity index is 2.76. The molecule has 2 N–H and O–H groups in total. The fraction of sp³-hybridized carbons (Fsp3) is 0.571. The molecule has 1 aromatic heterocycles. The van der Waals surface area contributed by atoms with Gasteiger partial charge in [0.1, 0.15) is 0 Å². The average molecular weight is 314 g/mol. The maximum absolute atomic E-state index is 12.0. The molecule has 0 unspecified atom stereocenters. The predicted octanol–water partition coefficient (Wildman–Crippen LogP) is 1.94. The minimum atomic E-state index is -3.40. The van der Waals surface area contributed by atoms with Crippen molar-refractivity contribution in [2.75, 3.05) is 5.75 Å². The molecule has 0 bridgehead atoms. The van der Waals surface area contributed by atoms with E-state index >= 15 is 0 Å². The third-order valence-electron chi connectivity index (χ3n) is 3.38. The van der Waals surface area contributed by atoms with Crippen LogP contribution in [0.1, 0.15) is 48.9 Å². The van der Waals surface area contributed by atoms with Crippen LogP contribution in [0.2, 0.25) is 0 Å². The van der Waals surface area contributed by atoms with Gasteiger partial charge in [-0.2, -0.15) is 0 Å². The van der Waals surface area contributed by atoms with Crippen molar-refractivity contribution in [3.8, 4) is 0 Å². The lowest BCUT2D eigenvalue weighted by molar-refractivity contribution is 0.0695. The smallest absolute Gasteiger partial charge is 0.337 e. The molecule has 0 amide bonds. The number of carboxylic acids is 1. The largest absolute Gasteiger partial charge is 0.478 e. The van der Waals surface area contributed by atoms with Crippen molar-refractivity contribution in [3.05, 3.63) is 29.1 Å². The molecular formula is C14H22N2O4S. The summed E-state index contributed by atoms with van der Waals surface area (Å²) < 4.78 is 26.5. The number of carboxylic acid groups (broad SMARTS) is 1. The van der Waals surface area contributed by atoms with Crippen molar-refractivity contribution >= 4 is 16.0 Å². The van der Waals surface area contributed by atoms with E-state index in [9.17, 15) is 13.2 Å². The van der Waals surface area contributed by atoms with Crippen molar-refractivity contribution in [2.24, 2.45) is 5.41 Å². The first-order valence-corrected chi connectivity index (χ1v) is 8.39. The number of hydrogen-bond acceptors (Lipinski definition) is 4. The maximum Gasteiger partial charge on any atom is 0.337 e. The molecule has 0 aliphatic rings. The molecule has 6 nitrogen and oxygen atoms in total. The Bertz CT molecular complexity index is 624. The van der Waals surface area contributed by atoms with Crippen LogP contribution >= 0.6 is 0 Å². The van der Waals surface area contributed by atoms with Gasteiger partial charge in [0.15, 0.2) is 0 Å². The van der Waals surface area contributed by atoms with Gasteiger partial charge in [-0.1, -0.05) is 20.8 Å². The molecular weight excluding hydrogens is 292 g/mol. The highest BCUT2D eigenvalue weighted by molar-refractivity contribution is 7.89. The molecule has 0 fully saturated rings. The van der Waals surface area contributed by atoms with Gasteiger partial charge in [-0.15, -0.1) is 0 Å². The molecule has 0 radical (unpaired) electrons. The SMILES string of the molecule is CCC(C)(C)CS(=O)(=O)NCc1ccc(C(=O)O)c(C)n1. The lowest BCUT2D eigenvalue weighted by atomic mass is 9.93. The van der Waals surface area contributed by atoms with Gasteiger partial charge < -0.3 is 5.11 Å². The van der Waals surface area contributed by atoms with E-state index in [4.69, 9.17) is 5.11 Å². The second-order valence-electron chi connectivity index (χ2n) is 5.84. The predicted molar refractivity (Wildman–Crippen MR) is 80.6 cm³/mol. The Morgan fingerprint density at radius 3 is 2.48 bits per heavy atom. The summed E-state index contributed by atoms with van der Waals surface area (Å²) in [6, 6.07) is 2.95. The lowest BCUT2D eigenvalue weighted by Crippen LogP contribution is -2.33. The highest BCUT2D eigenvalue weighted by atomic mass is 32.2. The third kappa shape index (κ3) is 5.43.